The number of hydrogen-bond acceptors (Lipinski definition) is 2. The van der Waals surface area contributed by atoms with Gasteiger partial charge in [-0.25, -0.2) is 4.98 Å². The number of aryl methyl sites for hydroxylation is 1. The molecule has 2 rings (SSSR count). The first-order chi connectivity index (χ1) is 8.18. The van der Waals surface area contributed by atoms with E-state index in [4.69, 9.17) is 0 Å². The third-order valence-electron chi connectivity index (χ3n) is 2.88. The minimum atomic E-state index is 0. The number of ketones is 1. The number of hydrogen-bond donors (Lipinski definition) is 0. The molecule has 0 saturated carbocycles. The lowest BCUT2D eigenvalue weighted by Crippen LogP contribution is -3.00. The van der Waals surface area contributed by atoms with E-state index in [1.165, 1.54) is 0 Å². The Hall–Kier alpha value is -1.55. The van der Waals surface area contributed by atoms with Crippen LogP contribution >= 0.6 is 0 Å². The van der Waals surface area contributed by atoms with Crippen molar-refractivity contribution in [1.29, 1.82) is 0 Å². The Morgan fingerprint density at radius 1 is 1.22 bits per heavy atom. The highest BCUT2D eigenvalue weighted by atomic mass is 79.9. The molecule has 0 saturated heterocycles. The highest BCUT2D eigenvalue weighted by Crippen LogP contribution is 2.01. The summed E-state index contributed by atoms with van der Waals surface area (Å²) >= 11 is 0. The molecule has 94 valence electrons. The summed E-state index contributed by atoms with van der Waals surface area (Å²) in [5, 5.41) is 0. The Morgan fingerprint density at radius 3 is 2.56 bits per heavy atom. The Labute approximate surface area is 117 Å². The Kier molecular flexibility index (Phi) is 5.16. The third-order valence-corrected chi connectivity index (χ3v) is 2.88. The van der Waals surface area contributed by atoms with E-state index in [9.17, 15) is 4.79 Å². The number of carbonyl (C=O) groups excluding carboxylic acids is 1. The van der Waals surface area contributed by atoms with Gasteiger partial charge in [-0.2, -0.15) is 4.57 Å². The minimum Gasteiger partial charge on any atom is -1.00 e. The van der Waals surface area contributed by atoms with Crippen molar-refractivity contribution in [1.82, 2.24) is 4.98 Å². The van der Waals surface area contributed by atoms with E-state index >= 15 is 0 Å². The first-order valence-electron chi connectivity index (χ1n) is 5.58. The molecule has 0 bridgehead atoms. The van der Waals surface area contributed by atoms with Crippen LogP contribution in [0.25, 0.3) is 0 Å². The molecule has 0 aliphatic rings. The van der Waals surface area contributed by atoms with Crippen LogP contribution in [0.4, 0.5) is 0 Å². The lowest BCUT2D eigenvalue weighted by Gasteiger charge is -2.01. The predicted octanol–water partition coefficient (Wildman–Crippen LogP) is -1.13. The van der Waals surface area contributed by atoms with Gasteiger partial charge in [-0.3, -0.25) is 4.79 Å². The molecule has 2 aromatic rings. The predicted molar refractivity (Wildman–Crippen MR) is 64.7 cm³/mol. The summed E-state index contributed by atoms with van der Waals surface area (Å²) in [6.45, 7) is 4.28. The molecule has 3 nitrogen and oxygen atoms in total. The van der Waals surface area contributed by atoms with Crippen molar-refractivity contribution in [3.63, 3.8) is 0 Å². The van der Waals surface area contributed by atoms with Gasteiger partial charge in [-0.1, -0.05) is 30.3 Å². The number of benzene rings is 1. The largest absolute Gasteiger partial charge is 1.00 e. The Bertz CT molecular complexity index is 541. The second kappa shape index (κ2) is 6.40. The topological polar surface area (TPSA) is 33.8 Å². The maximum Gasteiger partial charge on any atom is 0.227 e. The first kappa shape index (κ1) is 14.5. The number of aromatic nitrogens is 2. The van der Waals surface area contributed by atoms with Crippen molar-refractivity contribution < 1.29 is 26.3 Å². The SMILES string of the molecule is Cc1ncc[n+](CC(=O)c2ccccc2)c1C.[Br-]. The van der Waals surface area contributed by atoms with Crippen molar-refractivity contribution in [3.8, 4) is 0 Å². The van der Waals surface area contributed by atoms with E-state index in [0.717, 1.165) is 17.0 Å². The van der Waals surface area contributed by atoms with E-state index < -0.39 is 0 Å². The molecule has 1 aromatic carbocycles. The molecular weight excluding hydrogens is 292 g/mol. The molecular formula is C14H15BrN2O. The lowest BCUT2D eigenvalue weighted by atomic mass is 10.1. The van der Waals surface area contributed by atoms with Crippen LogP contribution in [0, 0.1) is 13.8 Å². The smallest absolute Gasteiger partial charge is 0.227 e. The van der Waals surface area contributed by atoms with Gasteiger partial charge in [0.15, 0.2) is 11.9 Å². The summed E-state index contributed by atoms with van der Waals surface area (Å²) in [5.41, 5.74) is 2.72. The molecule has 1 aromatic heterocycles. The normalized spacial score (nSPS) is 9.67. The molecule has 0 amide bonds. The Morgan fingerprint density at radius 2 is 1.89 bits per heavy atom. The lowest BCUT2D eigenvalue weighted by molar-refractivity contribution is -0.690. The third kappa shape index (κ3) is 3.23. The molecule has 0 atom stereocenters. The van der Waals surface area contributed by atoms with E-state index in [2.05, 4.69) is 4.98 Å². The van der Waals surface area contributed by atoms with Crippen LogP contribution in [0.1, 0.15) is 21.7 Å². The highest BCUT2D eigenvalue weighted by molar-refractivity contribution is 5.94. The second-order valence-corrected chi connectivity index (χ2v) is 4.02. The van der Waals surface area contributed by atoms with Crippen molar-refractivity contribution in [2.75, 3.05) is 0 Å². The van der Waals surface area contributed by atoms with Crippen molar-refractivity contribution in [2.45, 2.75) is 20.4 Å². The van der Waals surface area contributed by atoms with Gasteiger partial charge in [0.2, 0.25) is 12.3 Å². The summed E-state index contributed by atoms with van der Waals surface area (Å²) < 4.78 is 1.93. The summed E-state index contributed by atoms with van der Waals surface area (Å²) in [5.74, 6) is 0.115. The van der Waals surface area contributed by atoms with Gasteiger partial charge in [0.1, 0.15) is 5.69 Å². The molecule has 0 radical (unpaired) electrons. The van der Waals surface area contributed by atoms with Crippen LogP contribution in [0.5, 0.6) is 0 Å². The fraction of sp³-hybridized carbons (Fsp3) is 0.214. The molecule has 4 heteroatoms. The van der Waals surface area contributed by atoms with Crippen molar-refractivity contribution >= 4 is 5.78 Å². The molecule has 0 spiro atoms. The van der Waals surface area contributed by atoms with E-state index in [1.807, 2.05) is 54.9 Å². The van der Waals surface area contributed by atoms with Crippen molar-refractivity contribution in [3.05, 3.63) is 59.7 Å². The zero-order valence-corrected chi connectivity index (χ0v) is 12.0. The first-order valence-corrected chi connectivity index (χ1v) is 5.58. The molecule has 1 heterocycles. The van der Waals surface area contributed by atoms with E-state index in [-0.39, 0.29) is 22.8 Å². The van der Waals surface area contributed by atoms with Gasteiger partial charge in [0, 0.05) is 12.5 Å². The van der Waals surface area contributed by atoms with Gasteiger partial charge in [0.25, 0.3) is 0 Å². The summed E-state index contributed by atoms with van der Waals surface area (Å²) in [4.78, 5) is 16.2. The van der Waals surface area contributed by atoms with Gasteiger partial charge in [-0.15, -0.1) is 0 Å². The molecule has 0 N–H and O–H groups in total. The van der Waals surface area contributed by atoms with Crippen LogP contribution in [0.2, 0.25) is 0 Å². The van der Waals surface area contributed by atoms with Crippen molar-refractivity contribution in [2.24, 2.45) is 0 Å². The monoisotopic (exact) mass is 306 g/mol. The average molecular weight is 307 g/mol. The summed E-state index contributed by atoms with van der Waals surface area (Å²) in [7, 11) is 0. The standard InChI is InChI=1S/C14H15N2O.BrH/c1-11-12(2)16(9-8-15-11)10-14(17)13-6-4-3-5-7-13;/h3-9H,10H2,1-2H3;1H/q+1;/p-1. The quantitative estimate of drug-likeness (QED) is 0.531. The maximum absolute atomic E-state index is 12.0. The molecule has 0 aliphatic heterocycles. The molecule has 18 heavy (non-hydrogen) atoms. The van der Waals surface area contributed by atoms with Crippen LogP contribution < -0.4 is 21.5 Å². The number of carbonyl (C=O) groups is 1. The van der Waals surface area contributed by atoms with E-state index in [1.54, 1.807) is 6.20 Å². The van der Waals surface area contributed by atoms with Crippen LogP contribution in [-0.4, -0.2) is 10.8 Å². The van der Waals surface area contributed by atoms with Gasteiger partial charge < -0.3 is 17.0 Å². The zero-order valence-electron chi connectivity index (χ0n) is 10.4. The van der Waals surface area contributed by atoms with Crippen LogP contribution in [-0.2, 0) is 6.54 Å². The number of Topliss-reactive ketones (excluding diaryl/α,β-unsaturated/α-hetero) is 1. The van der Waals surface area contributed by atoms with Gasteiger partial charge >= 0.3 is 0 Å². The maximum atomic E-state index is 12.0. The van der Waals surface area contributed by atoms with Gasteiger partial charge in [-0.05, 0) is 6.92 Å². The highest BCUT2D eigenvalue weighted by Gasteiger charge is 2.15. The molecule has 0 fully saturated rings. The summed E-state index contributed by atoms with van der Waals surface area (Å²) in [6, 6.07) is 9.34. The van der Waals surface area contributed by atoms with E-state index in [0.29, 0.717) is 6.54 Å². The number of rotatable bonds is 3. The minimum absolute atomic E-state index is 0. The molecule has 0 aliphatic carbocycles. The fourth-order valence-corrected chi connectivity index (χ4v) is 1.68. The fourth-order valence-electron chi connectivity index (χ4n) is 1.68. The Balaban J connectivity index is 0.00000162. The number of nitrogens with zero attached hydrogens (tertiary/aromatic N) is 2. The van der Waals surface area contributed by atoms with Gasteiger partial charge in [0.05, 0.1) is 6.20 Å². The van der Waals surface area contributed by atoms with Crippen LogP contribution in [0.3, 0.4) is 0 Å². The zero-order chi connectivity index (χ0) is 12.3. The average Bonchev–Trinajstić information content (AvgIpc) is 2.36. The summed E-state index contributed by atoms with van der Waals surface area (Å²) in [6.07, 6.45) is 3.56. The molecule has 0 unspecified atom stereocenters. The number of halogens is 1. The van der Waals surface area contributed by atoms with Crippen LogP contribution in [0.15, 0.2) is 42.7 Å². The second-order valence-electron chi connectivity index (χ2n) is 4.02.